The molecule has 80 valence electrons. The number of hydrogen-bond donors (Lipinski definition) is 2. The van der Waals surface area contributed by atoms with Gasteiger partial charge in [-0.1, -0.05) is 0 Å². The van der Waals surface area contributed by atoms with Crippen LogP contribution in [-0.4, -0.2) is 29.1 Å². The third kappa shape index (κ3) is 2.18. The summed E-state index contributed by atoms with van der Waals surface area (Å²) in [6.07, 6.45) is 1.70. The minimum atomic E-state index is -0.755. The number of carboxylic acids is 1. The second kappa shape index (κ2) is 4.28. The number of halogens is 1. The Kier molecular flexibility index (Phi) is 3.02. The molecule has 1 aliphatic heterocycles. The molecule has 2 rings (SSSR count). The molecule has 0 amide bonds. The van der Waals surface area contributed by atoms with Crippen LogP contribution in [0.1, 0.15) is 11.6 Å². The largest absolute Gasteiger partial charge is 0.481 e. The predicted molar refractivity (Wildman–Crippen MR) is 58.7 cm³/mol. The van der Waals surface area contributed by atoms with Crippen LogP contribution in [0.5, 0.6) is 0 Å². The van der Waals surface area contributed by atoms with Gasteiger partial charge < -0.3 is 10.4 Å². The number of hydrogen-bond acceptors (Lipinski definition) is 3. The van der Waals surface area contributed by atoms with Gasteiger partial charge in [0, 0.05) is 35.4 Å². The van der Waals surface area contributed by atoms with Crippen molar-refractivity contribution in [2.45, 2.75) is 5.92 Å². The molecule has 15 heavy (non-hydrogen) atoms. The number of rotatable bonds is 2. The highest BCUT2D eigenvalue weighted by atomic mass is 79.9. The maximum absolute atomic E-state index is 11.0. The van der Waals surface area contributed by atoms with Crippen molar-refractivity contribution in [3.05, 3.63) is 28.5 Å². The van der Waals surface area contributed by atoms with E-state index in [1.54, 1.807) is 6.20 Å². The van der Waals surface area contributed by atoms with Gasteiger partial charge in [-0.2, -0.15) is 0 Å². The zero-order valence-corrected chi connectivity index (χ0v) is 9.57. The maximum atomic E-state index is 11.0. The molecule has 0 spiro atoms. The van der Waals surface area contributed by atoms with E-state index in [2.05, 4.69) is 26.2 Å². The number of carboxylic acid groups (broad SMARTS) is 1. The zero-order chi connectivity index (χ0) is 10.8. The number of aromatic nitrogens is 1. The minimum absolute atomic E-state index is 0.0180. The van der Waals surface area contributed by atoms with Crippen LogP contribution in [0.25, 0.3) is 0 Å². The van der Waals surface area contributed by atoms with E-state index in [1.165, 1.54) is 0 Å². The molecule has 0 radical (unpaired) electrons. The second-order valence-corrected chi connectivity index (χ2v) is 4.53. The van der Waals surface area contributed by atoms with Crippen LogP contribution in [0.15, 0.2) is 22.8 Å². The van der Waals surface area contributed by atoms with Crippen molar-refractivity contribution in [3.8, 4) is 0 Å². The topological polar surface area (TPSA) is 62.2 Å². The number of nitrogens with one attached hydrogen (secondary N) is 1. The molecule has 0 aromatic carbocycles. The molecular weight excluding hydrogens is 260 g/mol. The van der Waals surface area contributed by atoms with E-state index in [0.29, 0.717) is 13.1 Å². The van der Waals surface area contributed by atoms with Gasteiger partial charge in [0.25, 0.3) is 0 Å². The summed E-state index contributed by atoms with van der Waals surface area (Å²) in [6.45, 7) is 1.21. The molecule has 2 N–H and O–H groups in total. The first kappa shape index (κ1) is 10.6. The van der Waals surface area contributed by atoms with Crippen molar-refractivity contribution >= 4 is 21.9 Å². The van der Waals surface area contributed by atoms with Gasteiger partial charge in [-0.25, -0.2) is 0 Å². The van der Waals surface area contributed by atoms with Gasteiger partial charge in [0.1, 0.15) is 0 Å². The molecule has 1 aliphatic rings. The Balaban J connectivity index is 2.22. The lowest BCUT2D eigenvalue weighted by Gasteiger charge is -2.13. The number of pyridine rings is 1. The number of carbonyl (C=O) groups is 1. The van der Waals surface area contributed by atoms with Gasteiger partial charge in [-0.05, 0) is 28.1 Å². The van der Waals surface area contributed by atoms with E-state index >= 15 is 0 Å². The molecule has 1 aromatic heterocycles. The van der Waals surface area contributed by atoms with Gasteiger partial charge in [-0.3, -0.25) is 9.78 Å². The molecule has 1 saturated heterocycles. The Morgan fingerprint density at radius 1 is 1.53 bits per heavy atom. The van der Waals surface area contributed by atoms with Crippen LogP contribution in [0.2, 0.25) is 0 Å². The summed E-state index contributed by atoms with van der Waals surface area (Å²) in [5.41, 5.74) is 0.843. The molecule has 0 unspecified atom stereocenters. The molecule has 2 heterocycles. The molecule has 2 atom stereocenters. The van der Waals surface area contributed by atoms with E-state index in [-0.39, 0.29) is 11.8 Å². The SMILES string of the molecule is O=C(O)[C@@H]1CNC[C@H]1c1ccc(Br)cn1. The highest BCUT2D eigenvalue weighted by Gasteiger charge is 2.34. The smallest absolute Gasteiger partial charge is 0.308 e. The van der Waals surface area contributed by atoms with Crippen LogP contribution in [0.4, 0.5) is 0 Å². The molecule has 0 saturated carbocycles. The first-order valence-corrected chi connectivity index (χ1v) is 5.53. The van der Waals surface area contributed by atoms with Crippen molar-refractivity contribution in [2.24, 2.45) is 5.92 Å². The minimum Gasteiger partial charge on any atom is -0.481 e. The summed E-state index contributed by atoms with van der Waals surface area (Å²) in [5.74, 6) is -1.14. The highest BCUT2D eigenvalue weighted by Crippen LogP contribution is 2.27. The lowest BCUT2D eigenvalue weighted by molar-refractivity contribution is -0.141. The maximum Gasteiger partial charge on any atom is 0.308 e. The van der Waals surface area contributed by atoms with Gasteiger partial charge in [0.2, 0.25) is 0 Å². The van der Waals surface area contributed by atoms with E-state index in [0.717, 1.165) is 10.2 Å². The average molecular weight is 271 g/mol. The Bertz CT molecular complexity index is 366. The molecular formula is C10H11BrN2O2. The number of aliphatic carboxylic acids is 1. The lowest BCUT2D eigenvalue weighted by Crippen LogP contribution is -2.21. The van der Waals surface area contributed by atoms with Crippen LogP contribution in [0.3, 0.4) is 0 Å². The van der Waals surface area contributed by atoms with Crippen molar-refractivity contribution < 1.29 is 9.90 Å². The fourth-order valence-corrected chi connectivity index (χ4v) is 2.09. The van der Waals surface area contributed by atoms with Gasteiger partial charge in [0.05, 0.1) is 5.92 Å². The summed E-state index contributed by atoms with van der Waals surface area (Å²) in [4.78, 5) is 15.2. The third-order valence-corrected chi connectivity index (χ3v) is 3.13. The predicted octanol–water partition coefficient (Wildman–Crippen LogP) is 1.23. The molecule has 4 nitrogen and oxygen atoms in total. The highest BCUT2D eigenvalue weighted by molar-refractivity contribution is 9.10. The summed E-state index contributed by atoms with van der Waals surface area (Å²) in [6, 6.07) is 3.76. The van der Waals surface area contributed by atoms with E-state index in [1.807, 2.05) is 12.1 Å². The Labute approximate surface area is 95.8 Å². The first-order valence-electron chi connectivity index (χ1n) is 4.73. The number of nitrogens with zero attached hydrogens (tertiary/aromatic N) is 1. The second-order valence-electron chi connectivity index (χ2n) is 3.61. The van der Waals surface area contributed by atoms with Crippen molar-refractivity contribution in [2.75, 3.05) is 13.1 Å². The van der Waals surface area contributed by atoms with Crippen molar-refractivity contribution in [1.82, 2.24) is 10.3 Å². The standard InChI is InChI=1S/C10H11BrN2O2/c11-6-1-2-9(13-3-6)7-4-12-5-8(7)10(14)15/h1-3,7-8,12H,4-5H2,(H,14,15)/t7-,8-/m1/s1. The molecule has 1 aromatic rings. The van der Waals surface area contributed by atoms with E-state index in [4.69, 9.17) is 5.11 Å². The van der Waals surface area contributed by atoms with E-state index in [9.17, 15) is 4.79 Å². The molecule has 0 aliphatic carbocycles. The Morgan fingerprint density at radius 3 is 2.93 bits per heavy atom. The normalized spacial score (nSPS) is 25.4. The molecule has 1 fully saturated rings. The van der Waals surface area contributed by atoms with Crippen molar-refractivity contribution in [1.29, 1.82) is 0 Å². The molecule has 5 heteroatoms. The Hall–Kier alpha value is -0.940. The van der Waals surface area contributed by atoms with Crippen molar-refractivity contribution in [3.63, 3.8) is 0 Å². The fourth-order valence-electron chi connectivity index (χ4n) is 1.86. The van der Waals surface area contributed by atoms with Gasteiger partial charge in [0.15, 0.2) is 0 Å². The average Bonchev–Trinajstić information content (AvgIpc) is 2.67. The summed E-state index contributed by atoms with van der Waals surface area (Å²) >= 11 is 3.30. The summed E-state index contributed by atoms with van der Waals surface area (Å²) in [5, 5.41) is 12.1. The van der Waals surface area contributed by atoms with Crippen LogP contribution in [0, 0.1) is 5.92 Å². The summed E-state index contributed by atoms with van der Waals surface area (Å²) in [7, 11) is 0. The first-order chi connectivity index (χ1) is 7.18. The Morgan fingerprint density at radius 2 is 2.33 bits per heavy atom. The lowest BCUT2D eigenvalue weighted by atomic mass is 9.93. The third-order valence-electron chi connectivity index (χ3n) is 2.66. The van der Waals surface area contributed by atoms with E-state index < -0.39 is 5.97 Å². The van der Waals surface area contributed by atoms with Gasteiger partial charge in [-0.15, -0.1) is 0 Å². The monoisotopic (exact) mass is 270 g/mol. The summed E-state index contributed by atoms with van der Waals surface area (Å²) < 4.78 is 0.907. The zero-order valence-electron chi connectivity index (χ0n) is 7.98. The van der Waals surface area contributed by atoms with Crippen LogP contribution < -0.4 is 5.32 Å². The van der Waals surface area contributed by atoms with Crippen LogP contribution in [-0.2, 0) is 4.79 Å². The van der Waals surface area contributed by atoms with Gasteiger partial charge >= 0.3 is 5.97 Å². The quantitative estimate of drug-likeness (QED) is 0.849. The fraction of sp³-hybridized carbons (Fsp3) is 0.400. The molecule has 0 bridgehead atoms. The van der Waals surface area contributed by atoms with Crippen LogP contribution >= 0.6 is 15.9 Å².